The topological polar surface area (TPSA) is 72.3 Å². The van der Waals surface area contributed by atoms with E-state index in [-0.39, 0.29) is 18.2 Å². The second-order valence-electron chi connectivity index (χ2n) is 6.09. The number of ether oxygens (including phenoxy) is 1. The van der Waals surface area contributed by atoms with E-state index < -0.39 is 0 Å². The van der Waals surface area contributed by atoms with Crippen LogP contribution in [0.1, 0.15) is 31.6 Å². The van der Waals surface area contributed by atoms with Crippen LogP contribution in [-0.2, 0) is 4.74 Å². The lowest BCUT2D eigenvalue weighted by Gasteiger charge is -2.33. The Balaban J connectivity index is 1.65. The number of amides is 2. The van der Waals surface area contributed by atoms with Gasteiger partial charge in [0.2, 0.25) is 0 Å². The molecule has 7 nitrogen and oxygen atoms in total. The molecule has 0 unspecified atom stereocenters. The zero-order valence-electron chi connectivity index (χ0n) is 13.9. The van der Waals surface area contributed by atoms with E-state index in [9.17, 15) is 4.79 Å². The molecule has 0 aliphatic carbocycles. The fourth-order valence-electron chi connectivity index (χ4n) is 2.52. The molecule has 2 heterocycles. The number of aromatic nitrogens is 3. The van der Waals surface area contributed by atoms with Gasteiger partial charge in [-0.2, -0.15) is 0 Å². The van der Waals surface area contributed by atoms with E-state index in [1.807, 2.05) is 19.9 Å². The van der Waals surface area contributed by atoms with Crippen LogP contribution in [0, 0.1) is 0 Å². The highest BCUT2D eigenvalue weighted by molar-refractivity contribution is 6.42. The summed E-state index contributed by atoms with van der Waals surface area (Å²) in [5.74, 6) is 0.427. The van der Waals surface area contributed by atoms with E-state index >= 15 is 0 Å². The zero-order chi connectivity index (χ0) is 18.0. The molecule has 0 spiro atoms. The van der Waals surface area contributed by atoms with Crippen molar-refractivity contribution in [2.75, 3.05) is 25.0 Å². The number of rotatable bonds is 3. The Morgan fingerprint density at radius 2 is 2.16 bits per heavy atom. The predicted molar refractivity (Wildman–Crippen MR) is 96.2 cm³/mol. The summed E-state index contributed by atoms with van der Waals surface area (Å²) in [6, 6.07) is 5.30. The van der Waals surface area contributed by atoms with Gasteiger partial charge in [-0.25, -0.2) is 9.48 Å². The third-order valence-electron chi connectivity index (χ3n) is 3.94. The molecule has 9 heteroatoms. The number of carbonyl (C=O) groups is 1. The molecule has 1 fully saturated rings. The summed E-state index contributed by atoms with van der Waals surface area (Å²) in [6.07, 6.45) is 1.46. The summed E-state index contributed by atoms with van der Waals surface area (Å²) in [6.45, 7) is 5.34. The van der Waals surface area contributed by atoms with Crippen LogP contribution in [0.2, 0.25) is 10.0 Å². The maximum absolute atomic E-state index is 12.5. The van der Waals surface area contributed by atoms with E-state index in [4.69, 9.17) is 27.9 Å². The van der Waals surface area contributed by atoms with Crippen molar-refractivity contribution in [1.29, 1.82) is 0 Å². The number of urea groups is 1. The molecule has 25 heavy (non-hydrogen) atoms. The van der Waals surface area contributed by atoms with Crippen LogP contribution in [0.3, 0.4) is 0 Å². The lowest BCUT2D eigenvalue weighted by molar-refractivity contribution is -0.0135. The van der Waals surface area contributed by atoms with Gasteiger partial charge in [-0.1, -0.05) is 34.5 Å². The summed E-state index contributed by atoms with van der Waals surface area (Å²) in [5.41, 5.74) is 0.887. The normalized spacial score (nSPS) is 17.8. The molecule has 0 bridgehead atoms. The SMILES string of the molecule is CC(C)n1cc(NC(=O)N2CCO[C@@H](c3ccc(Cl)c(Cl)c3)C2)nn1. The van der Waals surface area contributed by atoms with Gasteiger partial charge >= 0.3 is 6.03 Å². The van der Waals surface area contributed by atoms with Gasteiger partial charge in [-0.05, 0) is 31.5 Å². The monoisotopic (exact) mass is 383 g/mol. The maximum Gasteiger partial charge on any atom is 0.323 e. The first-order valence-electron chi connectivity index (χ1n) is 7.98. The van der Waals surface area contributed by atoms with Gasteiger partial charge < -0.3 is 9.64 Å². The molecule has 1 atom stereocenters. The molecule has 2 aromatic rings. The number of benzene rings is 1. The van der Waals surface area contributed by atoms with E-state index in [0.29, 0.717) is 35.6 Å². The Hall–Kier alpha value is -1.83. The van der Waals surface area contributed by atoms with Crippen LogP contribution >= 0.6 is 23.2 Å². The first kappa shape index (κ1) is 18.0. The molecule has 1 saturated heterocycles. The minimum Gasteiger partial charge on any atom is -0.370 e. The van der Waals surface area contributed by atoms with E-state index in [0.717, 1.165) is 5.56 Å². The van der Waals surface area contributed by atoms with Crippen LogP contribution in [0.15, 0.2) is 24.4 Å². The Morgan fingerprint density at radius 1 is 1.36 bits per heavy atom. The molecule has 1 aromatic carbocycles. The van der Waals surface area contributed by atoms with Gasteiger partial charge in [0.1, 0.15) is 6.10 Å². The third-order valence-corrected chi connectivity index (χ3v) is 4.68. The Morgan fingerprint density at radius 3 is 2.84 bits per heavy atom. The fraction of sp³-hybridized carbons (Fsp3) is 0.438. The summed E-state index contributed by atoms with van der Waals surface area (Å²) < 4.78 is 7.46. The van der Waals surface area contributed by atoms with E-state index in [2.05, 4.69) is 15.6 Å². The Labute approximate surface area is 155 Å². The van der Waals surface area contributed by atoms with Crippen molar-refractivity contribution in [3.63, 3.8) is 0 Å². The molecule has 2 amide bonds. The molecular formula is C16H19Cl2N5O2. The number of anilines is 1. The Kier molecular flexibility index (Phi) is 5.46. The number of carbonyl (C=O) groups excluding carboxylic acids is 1. The third kappa shape index (κ3) is 4.23. The minimum absolute atomic E-state index is 0.181. The van der Waals surface area contributed by atoms with Crippen LogP contribution in [0.5, 0.6) is 0 Å². The lowest BCUT2D eigenvalue weighted by atomic mass is 10.1. The molecule has 3 rings (SSSR count). The predicted octanol–water partition coefficient (Wildman–Crippen LogP) is 3.77. The summed E-state index contributed by atoms with van der Waals surface area (Å²) >= 11 is 12.0. The first-order valence-corrected chi connectivity index (χ1v) is 8.74. The van der Waals surface area contributed by atoms with Crippen LogP contribution < -0.4 is 5.32 Å². The van der Waals surface area contributed by atoms with Gasteiger partial charge in [0, 0.05) is 12.6 Å². The van der Waals surface area contributed by atoms with Crippen molar-refractivity contribution in [3.05, 3.63) is 40.0 Å². The van der Waals surface area contributed by atoms with Crippen LogP contribution in [0.4, 0.5) is 10.6 Å². The summed E-state index contributed by atoms with van der Waals surface area (Å²) in [5, 5.41) is 11.7. The van der Waals surface area contributed by atoms with Crippen molar-refractivity contribution < 1.29 is 9.53 Å². The largest absolute Gasteiger partial charge is 0.370 e. The van der Waals surface area contributed by atoms with Crippen molar-refractivity contribution in [3.8, 4) is 0 Å². The average molecular weight is 384 g/mol. The Bertz CT molecular complexity index is 765. The molecular weight excluding hydrogens is 365 g/mol. The van der Waals surface area contributed by atoms with Crippen molar-refractivity contribution in [1.82, 2.24) is 19.9 Å². The lowest BCUT2D eigenvalue weighted by Crippen LogP contribution is -2.44. The van der Waals surface area contributed by atoms with Gasteiger partial charge in [0.25, 0.3) is 0 Å². The summed E-state index contributed by atoms with van der Waals surface area (Å²) in [7, 11) is 0. The zero-order valence-corrected chi connectivity index (χ0v) is 15.5. The van der Waals surface area contributed by atoms with E-state index in [1.54, 1.807) is 27.9 Å². The number of hydrogen-bond donors (Lipinski definition) is 1. The van der Waals surface area contributed by atoms with Crippen LogP contribution in [-0.4, -0.2) is 45.6 Å². The fourth-order valence-corrected chi connectivity index (χ4v) is 2.83. The van der Waals surface area contributed by atoms with Crippen molar-refractivity contribution in [2.45, 2.75) is 26.0 Å². The number of hydrogen-bond acceptors (Lipinski definition) is 4. The van der Waals surface area contributed by atoms with Crippen molar-refractivity contribution in [2.24, 2.45) is 0 Å². The minimum atomic E-state index is -0.249. The molecule has 1 aliphatic rings. The number of morpholine rings is 1. The van der Waals surface area contributed by atoms with Gasteiger partial charge in [0.15, 0.2) is 5.82 Å². The van der Waals surface area contributed by atoms with E-state index in [1.165, 1.54) is 0 Å². The molecule has 134 valence electrons. The number of halogens is 2. The molecule has 1 aromatic heterocycles. The van der Waals surface area contributed by atoms with Gasteiger partial charge in [-0.3, -0.25) is 5.32 Å². The second kappa shape index (κ2) is 7.59. The number of nitrogens with zero attached hydrogens (tertiary/aromatic N) is 4. The molecule has 0 radical (unpaired) electrons. The highest BCUT2D eigenvalue weighted by atomic mass is 35.5. The number of nitrogens with one attached hydrogen (secondary N) is 1. The standard InChI is InChI=1S/C16H19Cl2N5O2/c1-10(2)23-9-15(20-21-23)19-16(24)22-5-6-25-14(8-22)11-3-4-12(17)13(18)7-11/h3-4,7,9-10,14H,5-6,8H2,1-2H3,(H,19,24)/t14-/m1/s1. The van der Waals surface area contributed by atoms with Gasteiger partial charge in [-0.15, -0.1) is 5.10 Å². The molecule has 1 N–H and O–H groups in total. The van der Waals surface area contributed by atoms with Crippen molar-refractivity contribution >= 4 is 35.1 Å². The quantitative estimate of drug-likeness (QED) is 0.875. The summed E-state index contributed by atoms with van der Waals surface area (Å²) in [4.78, 5) is 14.2. The highest BCUT2D eigenvalue weighted by Gasteiger charge is 2.26. The molecule has 0 saturated carbocycles. The maximum atomic E-state index is 12.5. The van der Waals surface area contributed by atoms with Gasteiger partial charge in [0.05, 0.1) is 29.4 Å². The highest BCUT2D eigenvalue weighted by Crippen LogP contribution is 2.29. The molecule has 1 aliphatic heterocycles. The van der Waals surface area contributed by atoms with Crippen LogP contribution in [0.25, 0.3) is 0 Å². The average Bonchev–Trinajstić information content (AvgIpc) is 3.06. The smallest absolute Gasteiger partial charge is 0.323 e. The first-order chi connectivity index (χ1) is 11.9. The second-order valence-corrected chi connectivity index (χ2v) is 6.90.